The van der Waals surface area contributed by atoms with Crippen molar-refractivity contribution in [1.29, 1.82) is 0 Å². The van der Waals surface area contributed by atoms with Gasteiger partial charge in [-0.25, -0.2) is 5.84 Å². The van der Waals surface area contributed by atoms with Crippen LogP contribution in [0.4, 0.5) is 5.69 Å². The Balaban J connectivity index is 0.000000555. The molecule has 0 atom stereocenters. The lowest BCUT2D eigenvalue weighted by Gasteiger charge is -2.17. The van der Waals surface area contributed by atoms with Crippen LogP contribution in [0.5, 0.6) is 0 Å². The van der Waals surface area contributed by atoms with Crippen molar-refractivity contribution in [3.05, 3.63) is 29.8 Å². The topological polar surface area (TPSA) is 150 Å². The SMILES string of the molecule is NN(CCO)c1ccc(CCO)cc1.O=S(=O)([O-])[O-]. The largest absolute Gasteiger partial charge is 0.759 e. The van der Waals surface area contributed by atoms with Crippen molar-refractivity contribution in [2.75, 3.05) is 24.8 Å². The van der Waals surface area contributed by atoms with Gasteiger partial charge in [0.25, 0.3) is 0 Å². The Hall–Kier alpha value is -1.23. The van der Waals surface area contributed by atoms with Gasteiger partial charge in [0.1, 0.15) is 0 Å². The first-order valence-corrected chi connectivity index (χ1v) is 6.61. The first-order chi connectivity index (χ1) is 8.77. The van der Waals surface area contributed by atoms with E-state index in [9.17, 15) is 0 Å². The number of benzene rings is 1. The van der Waals surface area contributed by atoms with Gasteiger partial charge in [-0.05, 0) is 24.1 Å². The first kappa shape index (κ1) is 17.8. The Bertz CT molecular complexity index is 440. The average Bonchev–Trinajstić information content (AvgIpc) is 2.28. The Morgan fingerprint density at radius 1 is 1.11 bits per heavy atom. The summed E-state index contributed by atoms with van der Waals surface area (Å²) in [4.78, 5) is 0. The van der Waals surface area contributed by atoms with E-state index >= 15 is 0 Å². The zero-order valence-corrected chi connectivity index (χ0v) is 10.9. The molecule has 0 heterocycles. The Morgan fingerprint density at radius 2 is 1.58 bits per heavy atom. The zero-order valence-electron chi connectivity index (χ0n) is 10.1. The highest BCUT2D eigenvalue weighted by molar-refractivity contribution is 7.79. The van der Waals surface area contributed by atoms with Crippen molar-refractivity contribution < 1.29 is 27.7 Å². The summed E-state index contributed by atoms with van der Waals surface area (Å²) >= 11 is 0. The Labute approximate surface area is 111 Å². The summed E-state index contributed by atoms with van der Waals surface area (Å²) < 4.78 is 34.1. The number of aliphatic hydroxyl groups is 2. The number of aliphatic hydroxyl groups excluding tert-OH is 2. The number of nitrogens with zero attached hydrogens (tertiary/aromatic N) is 1. The van der Waals surface area contributed by atoms with Crippen molar-refractivity contribution in [2.45, 2.75) is 6.42 Å². The van der Waals surface area contributed by atoms with Gasteiger partial charge in [-0.2, -0.15) is 0 Å². The van der Waals surface area contributed by atoms with Crippen LogP contribution in [-0.2, 0) is 16.8 Å². The maximum atomic E-state index is 8.71. The van der Waals surface area contributed by atoms with Crippen LogP contribution in [0.15, 0.2) is 24.3 Å². The summed E-state index contributed by atoms with van der Waals surface area (Å²) in [6.07, 6.45) is 0.658. The normalized spacial score (nSPS) is 10.6. The molecule has 0 saturated carbocycles. The van der Waals surface area contributed by atoms with E-state index in [4.69, 9.17) is 33.6 Å². The lowest BCUT2D eigenvalue weighted by molar-refractivity contribution is 0.299. The second-order valence-electron chi connectivity index (χ2n) is 3.47. The molecule has 0 radical (unpaired) electrons. The minimum atomic E-state index is -5.17. The Kier molecular flexibility index (Phi) is 8.23. The molecule has 0 aromatic heterocycles. The third-order valence-corrected chi connectivity index (χ3v) is 2.01. The summed E-state index contributed by atoms with van der Waals surface area (Å²) in [5, 5.41) is 18.9. The standard InChI is InChI=1S/C10H16N2O2.H2O4S/c11-12(6-8-14)10-3-1-9(2-4-10)5-7-13;1-5(2,3)4/h1-4,13-14H,5-8,11H2;(H2,1,2,3,4)/p-2. The fourth-order valence-electron chi connectivity index (χ4n) is 1.22. The summed E-state index contributed by atoms with van der Waals surface area (Å²) in [7, 11) is -5.17. The van der Waals surface area contributed by atoms with Crippen LogP contribution < -0.4 is 10.9 Å². The molecule has 1 aromatic carbocycles. The predicted molar refractivity (Wildman–Crippen MR) is 66.3 cm³/mol. The quantitative estimate of drug-likeness (QED) is 0.258. The van der Waals surface area contributed by atoms with Crippen LogP contribution in [-0.4, -0.2) is 47.5 Å². The van der Waals surface area contributed by atoms with E-state index in [0.717, 1.165) is 11.3 Å². The van der Waals surface area contributed by atoms with Crippen molar-refractivity contribution in [1.82, 2.24) is 0 Å². The van der Waals surface area contributed by atoms with E-state index in [1.54, 1.807) is 0 Å². The number of hydrogen-bond acceptors (Lipinski definition) is 8. The van der Waals surface area contributed by atoms with Crippen LogP contribution in [0, 0.1) is 0 Å². The second-order valence-corrected chi connectivity index (χ2v) is 4.28. The minimum Gasteiger partial charge on any atom is -0.759 e. The fourth-order valence-corrected chi connectivity index (χ4v) is 1.22. The molecule has 0 aliphatic rings. The molecule has 8 nitrogen and oxygen atoms in total. The van der Waals surface area contributed by atoms with E-state index in [1.165, 1.54) is 5.01 Å². The summed E-state index contributed by atoms with van der Waals surface area (Å²) in [6.45, 7) is 0.608. The van der Waals surface area contributed by atoms with Gasteiger partial charge in [0.15, 0.2) is 0 Å². The predicted octanol–water partition coefficient (Wildman–Crippen LogP) is -1.44. The van der Waals surface area contributed by atoms with Gasteiger partial charge >= 0.3 is 0 Å². The second kappa shape index (κ2) is 8.80. The molecule has 9 heteroatoms. The molecule has 4 N–H and O–H groups in total. The molecule has 0 spiro atoms. The molecule has 0 unspecified atom stereocenters. The number of hydrogen-bond donors (Lipinski definition) is 3. The van der Waals surface area contributed by atoms with Crippen LogP contribution in [0.1, 0.15) is 5.56 Å². The maximum Gasteiger partial charge on any atom is 0.0622 e. The van der Waals surface area contributed by atoms with E-state index in [-0.39, 0.29) is 13.2 Å². The number of anilines is 1. The van der Waals surface area contributed by atoms with Crippen molar-refractivity contribution >= 4 is 16.1 Å². The lowest BCUT2D eigenvalue weighted by atomic mass is 10.1. The van der Waals surface area contributed by atoms with Gasteiger partial charge in [0, 0.05) is 17.0 Å². The van der Waals surface area contributed by atoms with E-state index in [0.29, 0.717) is 13.0 Å². The smallest absolute Gasteiger partial charge is 0.0622 e. The number of rotatable bonds is 5. The van der Waals surface area contributed by atoms with Gasteiger partial charge in [-0.15, -0.1) is 0 Å². The molecule has 0 bridgehead atoms. The van der Waals surface area contributed by atoms with Crippen LogP contribution in [0.25, 0.3) is 0 Å². The summed E-state index contributed by atoms with van der Waals surface area (Å²) in [5.41, 5.74) is 1.94. The van der Waals surface area contributed by atoms with E-state index in [1.807, 2.05) is 24.3 Å². The molecule has 0 aliphatic carbocycles. The van der Waals surface area contributed by atoms with E-state index in [2.05, 4.69) is 0 Å². The van der Waals surface area contributed by atoms with Gasteiger partial charge in [0.2, 0.25) is 0 Å². The fraction of sp³-hybridized carbons (Fsp3) is 0.400. The number of nitrogens with two attached hydrogens (primary N) is 1. The molecule has 0 fully saturated rings. The zero-order chi connectivity index (χ0) is 14.9. The molecular formula is C10H16N2O6S-2. The third-order valence-electron chi connectivity index (χ3n) is 2.01. The van der Waals surface area contributed by atoms with Crippen molar-refractivity contribution in [2.24, 2.45) is 5.84 Å². The van der Waals surface area contributed by atoms with Gasteiger partial charge in [-0.3, -0.25) is 8.42 Å². The van der Waals surface area contributed by atoms with Gasteiger partial charge in [0.05, 0.1) is 18.8 Å². The highest BCUT2D eigenvalue weighted by atomic mass is 32.3. The molecule has 0 saturated heterocycles. The number of hydrazine groups is 1. The molecule has 19 heavy (non-hydrogen) atoms. The summed E-state index contributed by atoms with van der Waals surface area (Å²) in [6, 6.07) is 7.59. The first-order valence-electron chi connectivity index (χ1n) is 5.27. The molecular weight excluding hydrogens is 276 g/mol. The van der Waals surface area contributed by atoms with Crippen LogP contribution in [0.3, 0.4) is 0 Å². The van der Waals surface area contributed by atoms with Crippen molar-refractivity contribution in [3.63, 3.8) is 0 Å². The average molecular weight is 292 g/mol. The summed E-state index contributed by atoms with van der Waals surface area (Å²) in [5.74, 6) is 5.65. The van der Waals surface area contributed by atoms with E-state index < -0.39 is 10.4 Å². The molecule has 0 amide bonds. The monoisotopic (exact) mass is 292 g/mol. The highest BCUT2D eigenvalue weighted by Crippen LogP contribution is 2.12. The highest BCUT2D eigenvalue weighted by Gasteiger charge is 1.99. The third kappa shape index (κ3) is 10.4. The Morgan fingerprint density at radius 3 is 1.95 bits per heavy atom. The lowest BCUT2D eigenvalue weighted by Crippen LogP contribution is -2.33. The van der Waals surface area contributed by atoms with Gasteiger partial charge < -0.3 is 24.3 Å². The van der Waals surface area contributed by atoms with Crippen molar-refractivity contribution in [3.8, 4) is 0 Å². The maximum absolute atomic E-state index is 8.71. The van der Waals surface area contributed by atoms with Crippen LogP contribution >= 0.6 is 0 Å². The molecule has 0 aliphatic heterocycles. The molecule has 1 aromatic rings. The molecule has 110 valence electrons. The van der Waals surface area contributed by atoms with Gasteiger partial charge in [-0.1, -0.05) is 12.1 Å². The molecule has 1 rings (SSSR count). The minimum absolute atomic E-state index is 0.0366. The van der Waals surface area contributed by atoms with Crippen LogP contribution in [0.2, 0.25) is 0 Å².